The largest absolute Gasteiger partial charge is 0.346 e. The van der Waals surface area contributed by atoms with Gasteiger partial charge in [-0.2, -0.15) is 0 Å². The van der Waals surface area contributed by atoms with Gasteiger partial charge in [0.05, 0.1) is 0 Å². The maximum Gasteiger partial charge on any atom is 0.245 e. The third kappa shape index (κ3) is 3.25. The Hall–Kier alpha value is -2.95. The van der Waals surface area contributed by atoms with Crippen LogP contribution in [0.2, 0.25) is 0 Å². The lowest BCUT2D eigenvalue weighted by Gasteiger charge is -2.31. The number of hydrogen-bond donors (Lipinski definition) is 1. The molecule has 1 saturated heterocycles. The molecule has 0 spiro atoms. The van der Waals surface area contributed by atoms with E-state index in [0.29, 0.717) is 5.92 Å². The lowest BCUT2D eigenvalue weighted by atomic mass is 9.90. The number of H-pyrrole nitrogens is 1. The van der Waals surface area contributed by atoms with Crippen molar-refractivity contribution in [3.8, 4) is 11.1 Å². The minimum atomic E-state index is 0.0416. The molecule has 0 unspecified atom stereocenters. The number of carbonyl (C=O) groups excluding carboxylic acids is 1. The number of amides is 1. The number of rotatable bonds is 4. The summed E-state index contributed by atoms with van der Waals surface area (Å²) in [5.41, 5.74) is 4.37. The second kappa shape index (κ2) is 7.12. The van der Waals surface area contributed by atoms with Gasteiger partial charge in [-0.1, -0.05) is 12.6 Å². The summed E-state index contributed by atoms with van der Waals surface area (Å²) in [7, 11) is 0. The number of nitrogens with zero attached hydrogens (tertiary/aromatic N) is 3. The third-order valence-corrected chi connectivity index (χ3v) is 5.19. The molecule has 1 fully saturated rings. The highest BCUT2D eigenvalue weighted by molar-refractivity contribution is 5.93. The molecular weight excluding hydrogens is 324 g/mol. The zero-order valence-corrected chi connectivity index (χ0v) is 14.7. The Bertz CT molecular complexity index is 924. The van der Waals surface area contributed by atoms with Crippen LogP contribution in [0.15, 0.2) is 55.6 Å². The molecule has 26 heavy (non-hydrogen) atoms. The van der Waals surface area contributed by atoms with Gasteiger partial charge in [0.1, 0.15) is 5.65 Å². The zero-order valence-electron chi connectivity index (χ0n) is 14.7. The standard InChI is InChI=1S/C21H22N4O/c1-2-20(26)25-8-5-15(6-9-25)10-16-11-18-19(14-24-21(18)23-12-16)17-4-3-7-22-13-17/h2-4,7,11-15H,1,5-6,8-10H2,(H,23,24). The number of aromatic amines is 1. The summed E-state index contributed by atoms with van der Waals surface area (Å²) in [5, 5.41) is 1.13. The van der Waals surface area contributed by atoms with Gasteiger partial charge in [0.2, 0.25) is 5.91 Å². The van der Waals surface area contributed by atoms with Gasteiger partial charge in [-0.05, 0) is 49.0 Å². The van der Waals surface area contributed by atoms with Crippen LogP contribution in [0.1, 0.15) is 18.4 Å². The summed E-state index contributed by atoms with van der Waals surface area (Å²) in [5.74, 6) is 0.629. The molecule has 0 saturated carbocycles. The van der Waals surface area contributed by atoms with E-state index in [1.165, 1.54) is 11.6 Å². The topological polar surface area (TPSA) is 61.9 Å². The Morgan fingerprint density at radius 3 is 2.92 bits per heavy atom. The highest BCUT2D eigenvalue weighted by Crippen LogP contribution is 2.29. The maximum absolute atomic E-state index is 11.7. The van der Waals surface area contributed by atoms with E-state index in [1.54, 1.807) is 6.20 Å². The van der Waals surface area contributed by atoms with E-state index in [-0.39, 0.29) is 5.91 Å². The van der Waals surface area contributed by atoms with E-state index < -0.39 is 0 Å². The van der Waals surface area contributed by atoms with Crippen molar-refractivity contribution in [3.63, 3.8) is 0 Å². The average Bonchev–Trinajstić information content (AvgIpc) is 3.12. The fourth-order valence-corrected chi connectivity index (χ4v) is 3.74. The van der Waals surface area contributed by atoms with Gasteiger partial charge in [0.15, 0.2) is 0 Å². The van der Waals surface area contributed by atoms with Crippen LogP contribution in [0.25, 0.3) is 22.2 Å². The van der Waals surface area contributed by atoms with Gasteiger partial charge in [0.25, 0.3) is 0 Å². The van der Waals surface area contributed by atoms with E-state index >= 15 is 0 Å². The van der Waals surface area contributed by atoms with Crippen LogP contribution in [0.3, 0.4) is 0 Å². The molecule has 3 aromatic heterocycles. The van der Waals surface area contributed by atoms with Crippen LogP contribution >= 0.6 is 0 Å². The Kier molecular flexibility index (Phi) is 4.52. The highest BCUT2D eigenvalue weighted by atomic mass is 16.2. The third-order valence-electron chi connectivity index (χ3n) is 5.19. The van der Waals surface area contributed by atoms with Crippen molar-refractivity contribution in [1.29, 1.82) is 0 Å². The first kappa shape index (κ1) is 16.5. The molecule has 0 bridgehead atoms. The Balaban J connectivity index is 1.51. The van der Waals surface area contributed by atoms with Gasteiger partial charge in [-0.3, -0.25) is 9.78 Å². The molecular formula is C21H22N4O. The van der Waals surface area contributed by atoms with E-state index in [1.807, 2.05) is 29.6 Å². The minimum absolute atomic E-state index is 0.0416. The van der Waals surface area contributed by atoms with Gasteiger partial charge < -0.3 is 9.88 Å². The van der Waals surface area contributed by atoms with Crippen molar-refractivity contribution < 1.29 is 4.79 Å². The van der Waals surface area contributed by atoms with Gasteiger partial charge >= 0.3 is 0 Å². The van der Waals surface area contributed by atoms with Crippen molar-refractivity contribution in [2.24, 2.45) is 5.92 Å². The molecule has 0 aromatic carbocycles. The van der Waals surface area contributed by atoms with Crippen molar-refractivity contribution in [3.05, 3.63) is 61.2 Å². The van der Waals surface area contributed by atoms with E-state index in [9.17, 15) is 4.79 Å². The summed E-state index contributed by atoms with van der Waals surface area (Å²) in [6, 6.07) is 6.25. The van der Waals surface area contributed by atoms with E-state index in [4.69, 9.17) is 0 Å². The molecule has 0 aliphatic carbocycles. The number of likely N-dealkylation sites (tertiary alicyclic amines) is 1. The quantitative estimate of drug-likeness (QED) is 0.734. The number of hydrogen-bond acceptors (Lipinski definition) is 3. The maximum atomic E-state index is 11.7. The van der Waals surface area contributed by atoms with Gasteiger partial charge in [-0.15, -0.1) is 0 Å². The fraction of sp³-hybridized carbons (Fsp3) is 0.286. The van der Waals surface area contributed by atoms with Crippen molar-refractivity contribution in [1.82, 2.24) is 19.9 Å². The monoisotopic (exact) mass is 346 g/mol. The lowest BCUT2D eigenvalue weighted by molar-refractivity contribution is -0.127. The number of carbonyl (C=O) groups is 1. The molecule has 3 aromatic rings. The number of fused-ring (bicyclic) bond motifs is 1. The molecule has 0 atom stereocenters. The summed E-state index contributed by atoms with van der Waals surface area (Å²) >= 11 is 0. The van der Waals surface area contributed by atoms with E-state index in [2.05, 4.69) is 33.7 Å². The summed E-state index contributed by atoms with van der Waals surface area (Å²) in [4.78, 5) is 25.7. The molecule has 1 aliphatic heterocycles. The molecule has 5 heteroatoms. The minimum Gasteiger partial charge on any atom is -0.346 e. The zero-order chi connectivity index (χ0) is 17.9. The first-order chi connectivity index (χ1) is 12.7. The molecule has 132 valence electrons. The smallest absolute Gasteiger partial charge is 0.245 e. The fourth-order valence-electron chi connectivity index (χ4n) is 3.74. The van der Waals surface area contributed by atoms with Crippen LogP contribution in [-0.2, 0) is 11.2 Å². The molecule has 1 amide bonds. The molecule has 4 heterocycles. The predicted octanol–water partition coefficient (Wildman–Crippen LogP) is 3.59. The molecule has 5 nitrogen and oxygen atoms in total. The Morgan fingerprint density at radius 2 is 2.19 bits per heavy atom. The van der Waals surface area contributed by atoms with Crippen molar-refractivity contribution in [2.45, 2.75) is 19.3 Å². The van der Waals surface area contributed by atoms with Crippen LogP contribution in [0.4, 0.5) is 0 Å². The number of aromatic nitrogens is 3. The highest BCUT2D eigenvalue weighted by Gasteiger charge is 2.22. The second-order valence-corrected chi connectivity index (χ2v) is 6.86. The molecule has 4 rings (SSSR count). The summed E-state index contributed by atoms with van der Waals surface area (Å²) in [6.45, 7) is 5.20. The average molecular weight is 346 g/mol. The SMILES string of the molecule is C=CC(=O)N1CCC(Cc2cnc3[nH]cc(-c4cccnc4)c3c2)CC1. The number of piperidine rings is 1. The number of nitrogens with one attached hydrogen (secondary N) is 1. The van der Waals surface area contributed by atoms with Gasteiger partial charge in [0, 0.05) is 54.4 Å². The second-order valence-electron chi connectivity index (χ2n) is 6.86. The molecule has 1 N–H and O–H groups in total. The molecule has 1 aliphatic rings. The number of pyridine rings is 2. The van der Waals surface area contributed by atoms with Crippen LogP contribution in [-0.4, -0.2) is 38.8 Å². The van der Waals surface area contributed by atoms with Crippen LogP contribution < -0.4 is 0 Å². The Labute approximate surface area is 152 Å². The van der Waals surface area contributed by atoms with Gasteiger partial charge in [-0.25, -0.2) is 4.98 Å². The van der Waals surface area contributed by atoms with E-state index in [0.717, 1.165) is 54.5 Å². The Morgan fingerprint density at radius 1 is 1.35 bits per heavy atom. The summed E-state index contributed by atoms with van der Waals surface area (Å²) in [6.07, 6.45) is 12.1. The first-order valence-electron chi connectivity index (χ1n) is 9.02. The van der Waals surface area contributed by atoms with Crippen molar-refractivity contribution in [2.75, 3.05) is 13.1 Å². The predicted molar refractivity (Wildman–Crippen MR) is 103 cm³/mol. The normalized spacial score (nSPS) is 15.3. The van der Waals surface area contributed by atoms with Crippen molar-refractivity contribution >= 4 is 16.9 Å². The van der Waals surface area contributed by atoms with Crippen LogP contribution in [0.5, 0.6) is 0 Å². The molecule has 0 radical (unpaired) electrons. The lowest BCUT2D eigenvalue weighted by Crippen LogP contribution is -2.37. The summed E-state index contributed by atoms with van der Waals surface area (Å²) < 4.78 is 0. The van der Waals surface area contributed by atoms with Crippen LogP contribution in [0, 0.1) is 5.92 Å². The first-order valence-corrected chi connectivity index (χ1v) is 9.02.